The third-order valence-corrected chi connectivity index (χ3v) is 6.16. The van der Waals surface area contributed by atoms with E-state index in [9.17, 15) is 0 Å². The van der Waals surface area contributed by atoms with E-state index in [1.807, 2.05) is 24.2 Å². The van der Waals surface area contributed by atoms with E-state index in [2.05, 4.69) is 61.5 Å². The van der Waals surface area contributed by atoms with Crippen LogP contribution in [0.3, 0.4) is 0 Å². The lowest BCUT2D eigenvalue weighted by Crippen LogP contribution is -2.26. The van der Waals surface area contributed by atoms with Gasteiger partial charge in [0.2, 0.25) is 0 Å². The maximum Gasteiger partial charge on any atom is 0.0278 e. The van der Waals surface area contributed by atoms with Crippen molar-refractivity contribution in [2.24, 2.45) is 0 Å². The predicted molar refractivity (Wildman–Crippen MR) is 89.3 cm³/mol. The summed E-state index contributed by atoms with van der Waals surface area (Å²) in [5, 5.41) is 1.30. The highest BCUT2D eigenvalue weighted by Crippen LogP contribution is 2.29. The monoisotopic (exact) mass is 298 g/mol. The van der Waals surface area contributed by atoms with Gasteiger partial charge >= 0.3 is 0 Å². The first-order chi connectivity index (χ1) is 9.17. The molecule has 0 N–H and O–H groups in total. The Kier molecular flexibility index (Phi) is 8.58. The van der Waals surface area contributed by atoms with Gasteiger partial charge in [-0.1, -0.05) is 27.7 Å². The molecular weight excluding hydrogens is 272 g/mol. The minimum atomic E-state index is 0.629. The van der Waals surface area contributed by atoms with Crippen LogP contribution in [0.25, 0.3) is 0 Å². The standard InChI is InChI=1S/C15H26N2S2/c1-5-17(6-2)11-12-18-13(3)14(4)19-15-7-9-16-10-8-15/h7-10,13-14H,5-6,11-12H2,1-4H3. The van der Waals surface area contributed by atoms with Gasteiger partial charge < -0.3 is 4.90 Å². The molecule has 1 heterocycles. The Morgan fingerprint density at radius 3 is 2.32 bits per heavy atom. The maximum absolute atomic E-state index is 4.06. The molecule has 0 saturated heterocycles. The topological polar surface area (TPSA) is 16.1 Å². The van der Waals surface area contributed by atoms with E-state index >= 15 is 0 Å². The van der Waals surface area contributed by atoms with Crippen LogP contribution < -0.4 is 0 Å². The van der Waals surface area contributed by atoms with E-state index in [-0.39, 0.29) is 0 Å². The molecule has 2 nitrogen and oxygen atoms in total. The lowest BCUT2D eigenvalue weighted by Gasteiger charge is -2.22. The van der Waals surface area contributed by atoms with Crippen LogP contribution in [0, 0.1) is 0 Å². The minimum absolute atomic E-state index is 0.629. The number of pyridine rings is 1. The highest BCUT2D eigenvalue weighted by molar-refractivity contribution is 8.03. The third-order valence-electron chi connectivity index (χ3n) is 3.32. The van der Waals surface area contributed by atoms with Gasteiger partial charge in [0.15, 0.2) is 0 Å². The van der Waals surface area contributed by atoms with Gasteiger partial charge in [0.25, 0.3) is 0 Å². The number of nitrogens with zero attached hydrogens (tertiary/aromatic N) is 2. The van der Waals surface area contributed by atoms with Gasteiger partial charge in [-0.2, -0.15) is 11.8 Å². The normalized spacial score (nSPS) is 14.6. The second kappa shape index (κ2) is 9.67. The highest BCUT2D eigenvalue weighted by Gasteiger charge is 2.14. The number of hydrogen-bond acceptors (Lipinski definition) is 4. The summed E-state index contributed by atoms with van der Waals surface area (Å²) >= 11 is 4.03. The van der Waals surface area contributed by atoms with Crippen molar-refractivity contribution in [3.05, 3.63) is 24.5 Å². The Labute approximate surface area is 126 Å². The van der Waals surface area contributed by atoms with Crippen LogP contribution in [0.1, 0.15) is 27.7 Å². The molecule has 0 amide bonds. The molecule has 108 valence electrons. The fraction of sp³-hybridized carbons (Fsp3) is 0.667. The molecule has 1 aromatic rings. The number of aromatic nitrogens is 1. The average Bonchev–Trinajstić information content (AvgIpc) is 2.44. The first-order valence-electron chi connectivity index (χ1n) is 7.08. The Balaban J connectivity index is 2.27. The van der Waals surface area contributed by atoms with Crippen LogP contribution in [-0.4, -0.2) is 45.8 Å². The molecule has 1 rings (SSSR count). The predicted octanol–water partition coefficient (Wildman–Crippen LogP) is 4.03. The second-order valence-corrected chi connectivity index (χ2v) is 7.54. The lowest BCUT2D eigenvalue weighted by molar-refractivity contribution is 0.324. The molecule has 0 spiro atoms. The first kappa shape index (κ1) is 16.9. The summed E-state index contributed by atoms with van der Waals surface area (Å²) in [6.07, 6.45) is 3.74. The summed E-state index contributed by atoms with van der Waals surface area (Å²) in [6.45, 7) is 12.7. The maximum atomic E-state index is 4.06. The molecule has 0 saturated carbocycles. The van der Waals surface area contributed by atoms with Crippen molar-refractivity contribution in [2.45, 2.75) is 43.1 Å². The molecule has 0 radical (unpaired) electrons. The van der Waals surface area contributed by atoms with Gasteiger partial charge in [-0.05, 0) is 25.2 Å². The molecule has 2 unspecified atom stereocenters. The zero-order valence-electron chi connectivity index (χ0n) is 12.5. The lowest BCUT2D eigenvalue weighted by atomic mass is 10.4. The Morgan fingerprint density at radius 2 is 1.74 bits per heavy atom. The van der Waals surface area contributed by atoms with Crippen LogP contribution in [0.15, 0.2) is 29.4 Å². The van der Waals surface area contributed by atoms with Crippen molar-refractivity contribution < 1.29 is 0 Å². The fourth-order valence-corrected chi connectivity index (χ4v) is 4.08. The Hall–Kier alpha value is -0.190. The summed E-state index contributed by atoms with van der Waals surface area (Å²) < 4.78 is 0. The van der Waals surface area contributed by atoms with E-state index in [1.165, 1.54) is 17.2 Å². The largest absolute Gasteiger partial charge is 0.303 e. The van der Waals surface area contributed by atoms with Gasteiger partial charge in [-0.15, -0.1) is 11.8 Å². The van der Waals surface area contributed by atoms with Crippen molar-refractivity contribution in [2.75, 3.05) is 25.4 Å². The van der Waals surface area contributed by atoms with Crippen molar-refractivity contribution in [3.8, 4) is 0 Å². The zero-order chi connectivity index (χ0) is 14.1. The number of hydrogen-bond donors (Lipinski definition) is 0. The van der Waals surface area contributed by atoms with E-state index in [1.54, 1.807) is 0 Å². The molecular formula is C15H26N2S2. The fourth-order valence-electron chi connectivity index (χ4n) is 1.77. The van der Waals surface area contributed by atoms with Crippen LogP contribution >= 0.6 is 23.5 Å². The summed E-state index contributed by atoms with van der Waals surface area (Å²) in [5.41, 5.74) is 0. The molecule has 0 aliphatic rings. The zero-order valence-corrected chi connectivity index (χ0v) is 14.1. The quantitative estimate of drug-likeness (QED) is 0.640. The van der Waals surface area contributed by atoms with Crippen LogP contribution in [-0.2, 0) is 0 Å². The van der Waals surface area contributed by atoms with E-state index in [0.717, 1.165) is 13.1 Å². The van der Waals surface area contributed by atoms with E-state index in [0.29, 0.717) is 10.5 Å². The molecule has 4 heteroatoms. The van der Waals surface area contributed by atoms with Gasteiger partial charge in [-0.25, -0.2) is 0 Å². The summed E-state index contributed by atoms with van der Waals surface area (Å²) in [5.74, 6) is 1.23. The first-order valence-corrected chi connectivity index (χ1v) is 9.00. The molecule has 0 aromatic carbocycles. The Morgan fingerprint density at radius 1 is 1.11 bits per heavy atom. The van der Waals surface area contributed by atoms with Crippen molar-refractivity contribution in [3.63, 3.8) is 0 Å². The highest BCUT2D eigenvalue weighted by atomic mass is 32.2. The van der Waals surface area contributed by atoms with Gasteiger partial charge in [0.1, 0.15) is 0 Å². The Bertz CT molecular complexity index is 328. The minimum Gasteiger partial charge on any atom is -0.303 e. The molecule has 1 aromatic heterocycles. The molecule has 0 aliphatic heterocycles. The van der Waals surface area contributed by atoms with Gasteiger partial charge in [-0.3, -0.25) is 4.98 Å². The number of rotatable bonds is 9. The van der Waals surface area contributed by atoms with Crippen molar-refractivity contribution in [1.82, 2.24) is 9.88 Å². The van der Waals surface area contributed by atoms with Gasteiger partial charge in [0.05, 0.1) is 0 Å². The summed E-state index contributed by atoms with van der Waals surface area (Å²) in [6, 6.07) is 4.18. The molecule has 0 aliphatic carbocycles. The van der Waals surface area contributed by atoms with Crippen LogP contribution in [0.2, 0.25) is 0 Å². The molecule has 0 bridgehead atoms. The van der Waals surface area contributed by atoms with Crippen molar-refractivity contribution >= 4 is 23.5 Å². The molecule has 19 heavy (non-hydrogen) atoms. The number of thioether (sulfide) groups is 2. The smallest absolute Gasteiger partial charge is 0.0278 e. The van der Waals surface area contributed by atoms with Crippen LogP contribution in [0.5, 0.6) is 0 Å². The third kappa shape index (κ3) is 6.68. The molecule has 2 atom stereocenters. The summed E-state index contributed by atoms with van der Waals surface area (Å²) in [4.78, 5) is 7.87. The second-order valence-electron chi connectivity index (χ2n) is 4.61. The molecule has 0 fully saturated rings. The van der Waals surface area contributed by atoms with Gasteiger partial charge in [0, 0.05) is 40.1 Å². The van der Waals surface area contributed by atoms with Crippen molar-refractivity contribution in [1.29, 1.82) is 0 Å². The van der Waals surface area contributed by atoms with E-state index in [4.69, 9.17) is 0 Å². The SMILES string of the molecule is CCN(CC)CCSC(C)C(C)Sc1ccncc1. The van der Waals surface area contributed by atoms with E-state index < -0.39 is 0 Å². The average molecular weight is 299 g/mol. The summed E-state index contributed by atoms with van der Waals surface area (Å²) in [7, 11) is 0. The van der Waals surface area contributed by atoms with Crippen LogP contribution in [0.4, 0.5) is 0 Å².